The third-order valence-electron chi connectivity index (χ3n) is 7.66. The summed E-state index contributed by atoms with van der Waals surface area (Å²) in [6, 6.07) is 9.85. The second-order valence-electron chi connectivity index (χ2n) is 12.2. The molecule has 0 radical (unpaired) electrons. The van der Waals surface area contributed by atoms with E-state index in [0.29, 0.717) is 78.4 Å². The van der Waals surface area contributed by atoms with Crippen molar-refractivity contribution in [1.29, 1.82) is 0 Å². The Morgan fingerprint density at radius 3 is 1.82 bits per heavy atom. The summed E-state index contributed by atoms with van der Waals surface area (Å²) in [7, 11) is 0. The Balaban J connectivity index is 0.00000454. The zero-order valence-electron chi connectivity index (χ0n) is 35.0. The fourth-order valence-electron chi connectivity index (χ4n) is 4.58. The lowest BCUT2D eigenvalue weighted by Gasteiger charge is -2.21. The molecule has 0 bridgehead atoms. The smallest absolute Gasteiger partial charge is 0.251 e. The van der Waals surface area contributed by atoms with Crippen molar-refractivity contribution >= 4 is 17.5 Å². The van der Waals surface area contributed by atoms with Crippen LogP contribution in [0.4, 0.5) is 10.1 Å². The average Bonchev–Trinajstić information content (AvgIpc) is 3.19. The predicted molar refractivity (Wildman–Crippen MR) is 219 cm³/mol. The van der Waals surface area contributed by atoms with Crippen molar-refractivity contribution in [2.24, 2.45) is 0 Å². The predicted octanol–water partition coefficient (Wildman–Crippen LogP) is 9.10. The third kappa shape index (κ3) is 25.3. The van der Waals surface area contributed by atoms with Crippen molar-refractivity contribution in [3.05, 3.63) is 66.0 Å². The number of benzene rings is 2. The lowest BCUT2D eigenvalue weighted by Crippen LogP contribution is -2.34. The van der Waals surface area contributed by atoms with E-state index in [-0.39, 0.29) is 23.0 Å². The van der Waals surface area contributed by atoms with Gasteiger partial charge in [0.15, 0.2) is 5.82 Å². The topological polar surface area (TPSA) is 123 Å². The number of carbonyl (C=O) groups is 2. The molecule has 0 aromatic heterocycles. The summed E-state index contributed by atoms with van der Waals surface area (Å²) >= 11 is 0. The number of unbranched alkanes of at least 4 members (excludes halogenated alkanes) is 1. The standard InChI is InChI=1S/C37H55FN2O9.C4H10.C2H6/c1-6-9-14-43-15-16-44-17-18-45-19-20-46-21-22-47-23-24-48-33-13-10-12-30(25-33)28(4)49-35-27-31(26-34(38)36(35)39-29(5)41)37(42)40-32(8-3)11-7-2;1-3-4-2;1-2/h6,10,12-13,25-28,32H,1,7-9,11,14-24H2,2-5H3,(H,39,41)(H,40,42);3-4H2,1-2H3;1-2H3/t28?,32-;;/m1../s1. The first kappa shape index (κ1) is 51.5. The van der Waals surface area contributed by atoms with Crippen LogP contribution in [-0.4, -0.2) is 90.5 Å². The number of anilines is 1. The van der Waals surface area contributed by atoms with Crippen LogP contribution in [0, 0.1) is 5.82 Å². The minimum Gasteiger partial charge on any atom is -0.491 e. The van der Waals surface area contributed by atoms with Crippen LogP contribution >= 0.6 is 0 Å². The number of amides is 2. The molecule has 0 heterocycles. The van der Waals surface area contributed by atoms with Gasteiger partial charge in [0.1, 0.15) is 29.9 Å². The van der Waals surface area contributed by atoms with Crippen molar-refractivity contribution in [1.82, 2.24) is 5.32 Å². The molecule has 1 unspecified atom stereocenters. The van der Waals surface area contributed by atoms with Crippen LogP contribution in [0.3, 0.4) is 0 Å². The summed E-state index contributed by atoms with van der Waals surface area (Å²) in [4.78, 5) is 24.8. The number of hydrogen-bond donors (Lipinski definition) is 2. The molecule has 0 fully saturated rings. The zero-order valence-corrected chi connectivity index (χ0v) is 35.0. The van der Waals surface area contributed by atoms with Gasteiger partial charge in [-0.3, -0.25) is 9.59 Å². The van der Waals surface area contributed by atoms with Gasteiger partial charge in [0, 0.05) is 18.5 Å². The Labute approximate surface area is 331 Å². The van der Waals surface area contributed by atoms with E-state index in [4.69, 9.17) is 33.2 Å². The Bertz CT molecular complexity index is 1280. The molecule has 0 aliphatic carbocycles. The molecule has 314 valence electrons. The van der Waals surface area contributed by atoms with Gasteiger partial charge >= 0.3 is 0 Å². The van der Waals surface area contributed by atoms with Gasteiger partial charge in [-0.15, -0.1) is 6.58 Å². The molecular weight excluding hydrogens is 707 g/mol. The number of carbonyl (C=O) groups excluding carboxylic acids is 2. The molecule has 55 heavy (non-hydrogen) atoms. The molecule has 2 N–H and O–H groups in total. The fraction of sp³-hybridized carbons (Fsp3) is 0.628. The first-order chi connectivity index (χ1) is 26.7. The summed E-state index contributed by atoms with van der Waals surface area (Å²) in [6.07, 6.45) is 7.22. The van der Waals surface area contributed by atoms with E-state index in [1.807, 2.05) is 58.0 Å². The first-order valence-electron chi connectivity index (χ1n) is 20.0. The van der Waals surface area contributed by atoms with Crippen LogP contribution in [0.2, 0.25) is 0 Å². The highest BCUT2D eigenvalue weighted by Crippen LogP contribution is 2.34. The Hall–Kier alpha value is -3.55. The minimum atomic E-state index is -0.761. The number of ether oxygens (including phenoxy) is 7. The van der Waals surface area contributed by atoms with E-state index in [1.165, 1.54) is 25.8 Å². The normalized spacial score (nSPS) is 11.6. The molecule has 2 rings (SSSR count). The molecule has 2 amide bonds. The first-order valence-corrected chi connectivity index (χ1v) is 20.0. The summed E-state index contributed by atoms with van der Waals surface area (Å²) in [5.74, 6) is -0.968. The highest BCUT2D eigenvalue weighted by Gasteiger charge is 2.21. The Morgan fingerprint density at radius 1 is 0.782 bits per heavy atom. The largest absolute Gasteiger partial charge is 0.491 e. The Morgan fingerprint density at radius 2 is 1.33 bits per heavy atom. The maximum Gasteiger partial charge on any atom is 0.251 e. The minimum absolute atomic E-state index is 0.0222. The van der Waals surface area contributed by atoms with E-state index >= 15 is 4.39 Å². The van der Waals surface area contributed by atoms with Crippen LogP contribution in [-0.2, 0) is 28.5 Å². The molecule has 2 atom stereocenters. The van der Waals surface area contributed by atoms with E-state index in [9.17, 15) is 9.59 Å². The highest BCUT2D eigenvalue weighted by molar-refractivity contribution is 5.97. The maximum atomic E-state index is 15.2. The lowest BCUT2D eigenvalue weighted by atomic mass is 10.1. The number of rotatable bonds is 29. The molecule has 0 spiro atoms. The van der Waals surface area contributed by atoms with Crippen LogP contribution in [0.5, 0.6) is 11.5 Å². The monoisotopic (exact) mass is 779 g/mol. The van der Waals surface area contributed by atoms with E-state index < -0.39 is 23.7 Å². The Kier molecular flexibility index (Phi) is 32.7. The fourth-order valence-corrected chi connectivity index (χ4v) is 4.58. The van der Waals surface area contributed by atoms with Crippen molar-refractivity contribution in [2.75, 3.05) is 78.0 Å². The quantitative estimate of drug-likeness (QED) is 0.0615. The maximum absolute atomic E-state index is 15.2. The summed E-state index contributed by atoms with van der Waals surface area (Å²) < 4.78 is 54.5. The van der Waals surface area contributed by atoms with E-state index in [2.05, 4.69) is 31.1 Å². The molecule has 0 saturated heterocycles. The van der Waals surface area contributed by atoms with Crippen LogP contribution in [0.25, 0.3) is 0 Å². The van der Waals surface area contributed by atoms with Gasteiger partial charge in [0.2, 0.25) is 5.91 Å². The SMILES string of the molecule is C=CCCOCCOCCOCCOCCOCCOc1cccc(C(C)Oc2cc(C(=O)N[C@H](CC)CCC)cc(F)c2NC(C)=O)c1.CC.CCCC. The summed E-state index contributed by atoms with van der Waals surface area (Å²) in [5.41, 5.74) is 0.740. The van der Waals surface area contributed by atoms with Gasteiger partial charge in [0.25, 0.3) is 5.91 Å². The second-order valence-corrected chi connectivity index (χ2v) is 12.2. The van der Waals surface area contributed by atoms with Gasteiger partial charge in [-0.05, 0) is 56.0 Å². The summed E-state index contributed by atoms with van der Waals surface area (Å²) in [5, 5.41) is 5.44. The van der Waals surface area contributed by atoms with Crippen molar-refractivity contribution < 1.29 is 47.1 Å². The van der Waals surface area contributed by atoms with Gasteiger partial charge in [-0.25, -0.2) is 4.39 Å². The number of nitrogens with one attached hydrogen (secondary N) is 2. The molecule has 2 aromatic rings. The lowest BCUT2D eigenvalue weighted by molar-refractivity contribution is -0.114. The average molecular weight is 779 g/mol. The van der Waals surface area contributed by atoms with Gasteiger partial charge in [-0.1, -0.05) is 79.0 Å². The summed E-state index contributed by atoms with van der Waals surface area (Å²) in [6.45, 7) is 24.4. The van der Waals surface area contributed by atoms with Crippen molar-refractivity contribution in [2.45, 2.75) is 106 Å². The van der Waals surface area contributed by atoms with Gasteiger partial charge < -0.3 is 43.8 Å². The second kappa shape index (κ2) is 34.9. The molecular formula is C43H71FN2O9. The number of hydrogen-bond acceptors (Lipinski definition) is 9. The van der Waals surface area contributed by atoms with Crippen LogP contribution in [0.15, 0.2) is 49.1 Å². The van der Waals surface area contributed by atoms with E-state index in [0.717, 1.165) is 37.3 Å². The van der Waals surface area contributed by atoms with Gasteiger partial charge in [-0.2, -0.15) is 0 Å². The zero-order chi connectivity index (χ0) is 41.1. The third-order valence-corrected chi connectivity index (χ3v) is 7.66. The van der Waals surface area contributed by atoms with Crippen LogP contribution in [0.1, 0.15) is 116 Å². The molecule has 11 nitrogen and oxygen atoms in total. The highest BCUT2D eigenvalue weighted by atomic mass is 19.1. The van der Waals surface area contributed by atoms with Crippen LogP contribution < -0.4 is 20.1 Å². The van der Waals surface area contributed by atoms with Gasteiger partial charge in [0.05, 0.1) is 66.1 Å². The molecule has 12 heteroatoms. The molecule has 0 aliphatic heterocycles. The number of halogens is 1. The molecule has 0 aliphatic rings. The van der Waals surface area contributed by atoms with E-state index in [1.54, 1.807) is 6.92 Å². The van der Waals surface area contributed by atoms with Crippen molar-refractivity contribution in [3.63, 3.8) is 0 Å². The molecule has 0 saturated carbocycles. The molecule has 2 aromatic carbocycles. The van der Waals surface area contributed by atoms with Crippen molar-refractivity contribution in [3.8, 4) is 11.5 Å².